The average molecular weight is 284 g/mol. The van der Waals surface area contributed by atoms with Crippen molar-refractivity contribution < 1.29 is 0 Å². The van der Waals surface area contributed by atoms with Gasteiger partial charge in [0.05, 0.1) is 6.54 Å². The molecule has 0 radical (unpaired) electrons. The van der Waals surface area contributed by atoms with Crippen LogP contribution in [-0.4, -0.2) is 9.55 Å². The SMILES string of the molecule is Clc1ccccc1Cn1ccnc1Nc1ccccc1. The van der Waals surface area contributed by atoms with Crippen molar-refractivity contribution in [1.29, 1.82) is 0 Å². The van der Waals surface area contributed by atoms with Crippen molar-refractivity contribution in [3.8, 4) is 0 Å². The van der Waals surface area contributed by atoms with E-state index in [1.54, 1.807) is 6.20 Å². The summed E-state index contributed by atoms with van der Waals surface area (Å²) >= 11 is 6.20. The minimum absolute atomic E-state index is 0.689. The number of nitrogens with one attached hydrogen (secondary N) is 1. The van der Waals surface area contributed by atoms with Crippen molar-refractivity contribution in [2.45, 2.75) is 6.54 Å². The Balaban J connectivity index is 1.82. The van der Waals surface area contributed by atoms with Crippen LogP contribution in [0.25, 0.3) is 0 Å². The minimum Gasteiger partial charge on any atom is -0.326 e. The molecule has 20 heavy (non-hydrogen) atoms. The maximum atomic E-state index is 6.20. The third-order valence-corrected chi connectivity index (χ3v) is 3.41. The largest absolute Gasteiger partial charge is 0.326 e. The zero-order valence-corrected chi connectivity index (χ0v) is 11.6. The highest BCUT2D eigenvalue weighted by molar-refractivity contribution is 6.31. The zero-order valence-electron chi connectivity index (χ0n) is 10.8. The van der Waals surface area contributed by atoms with E-state index in [9.17, 15) is 0 Å². The van der Waals surface area contributed by atoms with E-state index in [-0.39, 0.29) is 0 Å². The second kappa shape index (κ2) is 5.80. The number of benzene rings is 2. The molecule has 0 aliphatic rings. The number of aromatic nitrogens is 2. The first-order chi connectivity index (χ1) is 9.83. The van der Waals surface area contributed by atoms with Gasteiger partial charge in [-0.2, -0.15) is 0 Å². The van der Waals surface area contributed by atoms with Crippen molar-refractivity contribution in [3.05, 3.63) is 77.6 Å². The number of imidazole rings is 1. The third kappa shape index (κ3) is 2.83. The van der Waals surface area contributed by atoms with Crippen molar-refractivity contribution in [2.24, 2.45) is 0 Å². The fourth-order valence-electron chi connectivity index (χ4n) is 2.02. The van der Waals surface area contributed by atoms with Crippen LogP contribution in [0.2, 0.25) is 5.02 Å². The van der Waals surface area contributed by atoms with Gasteiger partial charge in [0.2, 0.25) is 5.95 Å². The fraction of sp³-hybridized carbons (Fsp3) is 0.0625. The molecule has 100 valence electrons. The van der Waals surface area contributed by atoms with Gasteiger partial charge in [0.15, 0.2) is 0 Å². The standard InChI is InChI=1S/C16H14ClN3/c17-15-9-5-4-6-13(15)12-20-11-10-18-16(20)19-14-7-2-1-3-8-14/h1-11H,12H2,(H,18,19). The van der Waals surface area contributed by atoms with E-state index in [2.05, 4.69) is 10.3 Å². The van der Waals surface area contributed by atoms with Crippen LogP contribution in [0.1, 0.15) is 5.56 Å². The maximum absolute atomic E-state index is 6.20. The van der Waals surface area contributed by atoms with Crippen molar-refractivity contribution in [1.82, 2.24) is 9.55 Å². The monoisotopic (exact) mass is 283 g/mol. The first-order valence-corrected chi connectivity index (χ1v) is 6.77. The van der Waals surface area contributed by atoms with E-state index < -0.39 is 0 Å². The van der Waals surface area contributed by atoms with E-state index in [1.165, 1.54) is 0 Å². The molecule has 1 N–H and O–H groups in total. The molecule has 3 aromatic rings. The highest BCUT2D eigenvalue weighted by atomic mass is 35.5. The molecule has 0 unspecified atom stereocenters. The molecule has 0 bridgehead atoms. The summed E-state index contributed by atoms with van der Waals surface area (Å²) in [5.74, 6) is 0.802. The van der Waals surface area contributed by atoms with Crippen LogP contribution < -0.4 is 5.32 Å². The lowest BCUT2D eigenvalue weighted by Crippen LogP contribution is -2.04. The van der Waals surface area contributed by atoms with Crippen LogP contribution in [0.15, 0.2) is 67.0 Å². The van der Waals surface area contributed by atoms with Crippen LogP contribution in [0.5, 0.6) is 0 Å². The summed E-state index contributed by atoms with van der Waals surface area (Å²) in [5.41, 5.74) is 2.09. The molecular formula is C16H14ClN3. The molecule has 0 saturated carbocycles. The summed E-state index contributed by atoms with van der Waals surface area (Å²) in [6, 6.07) is 17.8. The number of hydrogen-bond donors (Lipinski definition) is 1. The van der Waals surface area contributed by atoms with Crippen LogP contribution in [-0.2, 0) is 6.54 Å². The third-order valence-electron chi connectivity index (χ3n) is 3.04. The lowest BCUT2D eigenvalue weighted by Gasteiger charge is -2.10. The first-order valence-electron chi connectivity index (χ1n) is 6.39. The number of anilines is 2. The van der Waals surface area contributed by atoms with Crippen molar-refractivity contribution in [3.63, 3.8) is 0 Å². The molecule has 3 rings (SSSR count). The number of nitrogens with zero attached hydrogens (tertiary/aromatic N) is 2. The van der Waals surface area contributed by atoms with E-state index >= 15 is 0 Å². The molecule has 3 nitrogen and oxygen atoms in total. The zero-order chi connectivity index (χ0) is 13.8. The van der Waals surface area contributed by atoms with Gasteiger partial charge >= 0.3 is 0 Å². The van der Waals surface area contributed by atoms with Gasteiger partial charge in [-0.1, -0.05) is 48.0 Å². The second-order valence-corrected chi connectivity index (χ2v) is 4.87. The van der Waals surface area contributed by atoms with E-state index in [0.717, 1.165) is 22.2 Å². The van der Waals surface area contributed by atoms with Gasteiger partial charge < -0.3 is 9.88 Å². The molecule has 0 fully saturated rings. The Kier molecular flexibility index (Phi) is 3.70. The fourth-order valence-corrected chi connectivity index (χ4v) is 2.22. The number of rotatable bonds is 4. The Morgan fingerprint density at radius 2 is 1.75 bits per heavy atom. The Bertz CT molecular complexity index is 692. The number of para-hydroxylation sites is 1. The van der Waals surface area contributed by atoms with Gasteiger partial charge in [0, 0.05) is 23.1 Å². The summed E-state index contributed by atoms with van der Waals surface area (Å²) in [7, 11) is 0. The van der Waals surface area contributed by atoms with Gasteiger partial charge in [-0.15, -0.1) is 0 Å². The van der Waals surface area contributed by atoms with Crippen LogP contribution >= 0.6 is 11.6 Å². The molecule has 0 aliphatic carbocycles. The molecule has 1 heterocycles. The summed E-state index contributed by atoms with van der Waals surface area (Å²) in [4.78, 5) is 4.35. The Hall–Kier alpha value is -2.26. The summed E-state index contributed by atoms with van der Waals surface area (Å²) in [6.07, 6.45) is 3.72. The van der Waals surface area contributed by atoms with Gasteiger partial charge in [-0.25, -0.2) is 4.98 Å². The quantitative estimate of drug-likeness (QED) is 0.772. The first kappa shape index (κ1) is 12.8. The molecule has 2 aromatic carbocycles. The van der Waals surface area contributed by atoms with E-state index in [1.807, 2.05) is 65.4 Å². The number of halogens is 1. The highest BCUT2D eigenvalue weighted by Crippen LogP contribution is 2.19. The topological polar surface area (TPSA) is 29.9 Å². The van der Waals surface area contributed by atoms with E-state index in [0.29, 0.717) is 6.54 Å². The van der Waals surface area contributed by atoms with Crippen LogP contribution in [0.4, 0.5) is 11.6 Å². The average Bonchev–Trinajstić information content (AvgIpc) is 2.90. The van der Waals surface area contributed by atoms with Gasteiger partial charge in [-0.05, 0) is 23.8 Å². The smallest absolute Gasteiger partial charge is 0.207 e. The lowest BCUT2D eigenvalue weighted by molar-refractivity contribution is 0.808. The predicted octanol–water partition coefficient (Wildman–Crippen LogP) is 4.33. The lowest BCUT2D eigenvalue weighted by atomic mass is 10.2. The molecule has 4 heteroatoms. The Labute approximate surface area is 122 Å². The number of hydrogen-bond acceptors (Lipinski definition) is 2. The second-order valence-electron chi connectivity index (χ2n) is 4.46. The Morgan fingerprint density at radius 1 is 1.00 bits per heavy atom. The predicted molar refractivity (Wildman–Crippen MR) is 82.5 cm³/mol. The summed E-state index contributed by atoms with van der Waals surface area (Å²) < 4.78 is 2.04. The van der Waals surface area contributed by atoms with E-state index in [4.69, 9.17) is 11.6 Å². The highest BCUT2D eigenvalue weighted by Gasteiger charge is 2.05. The molecule has 0 aliphatic heterocycles. The van der Waals surface area contributed by atoms with Gasteiger partial charge in [-0.3, -0.25) is 0 Å². The van der Waals surface area contributed by atoms with Crippen molar-refractivity contribution in [2.75, 3.05) is 5.32 Å². The minimum atomic E-state index is 0.689. The maximum Gasteiger partial charge on any atom is 0.207 e. The molecule has 0 saturated heterocycles. The molecule has 0 atom stereocenters. The molecule has 0 amide bonds. The molecule has 1 aromatic heterocycles. The summed E-state index contributed by atoms with van der Waals surface area (Å²) in [6.45, 7) is 0.689. The van der Waals surface area contributed by atoms with Crippen LogP contribution in [0, 0.1) is 0 Å². The van der Waals surface area contributed by atoms with Gasteiger partial charge in [0.1, 0.15) is 0 Å². The van der Waals surface area contributed by atoms with Crippen molar-refractivity contribution >= 4 is 23.2 Å². The normalized spacial score (nSPS) is 10.4. The molecular weight excluding hydrogens is 270 g/mol. The molecule has 0 spiro atoms. The summed E-state index contributed by atoms with van der Waals surface area (Å²) in [5, 5.41) is 4.07. The van der Waals surface area contributed by atoms with Gasteiger partial charge in [0.25, 0.3) is 0 Å². The Morgan fingerprint density at radius 3 is 2.55 bits per heavy atom. The van der Waals surface area contributed by atoms with Crippen LogP contribution in [0.3, 0.4) is 0 Å².